The summed E-state index contributed by atoms with van der Waals surface area (Å²) in [5, 5.41) is 10.0. The van der Waals surface area contributed by atoms with Gasteiger partial charge in [-0.2, -0.15) is 0 Å². The van der Waals surface area contributed by atoms with E-state index in [9.17, 15) is 5.11 Å². The first-order valence-electron chi connectivity index (χ1n) is 5.70. The molecule has 18 heavy (non-hydrogen) atoms. The summed E-state index contributed by atoms with van der Waals surface area (Å²) in [7, 11) is 1.53. The predicted molar refractivity (Wildman–Crippen MR) is 72.6 cm³/mol. The van der Waals surface area contributed by atoms with Gasteiger partial charge < -0.3 is 15.6 Å². The van der Waals surface area contributed by atoms with Gasteiger partial charge in [0.2, 0.25) is 0 Å². The number of phenolic OH excluding ortho intramolecular Hbond substituents is 1. The summed E-state index contributed by atoms with van der Waals surface area (Å²) in [5.41, 5.74) is 7.50. The molecule has 1 aromatic rings. The second-order valence-electron chi connectivity index (χ2n) is 4.13. The van der Waals surface area contributed by atoms with E-state index in [1.807, 2.05) is 31.2 Å². The summed E-state index contributed by atoms with van der Waals surface area (Å²) < 4.78 is 5.08. The number of phenols is 1. The molecule has 1 heterocycles. The molecule has 1 aromatic carbocycles. The molecule has 1 aliphatic heterocycles. The van der Waals surface area contributed by atoms with Crippen molar-refractivity contribution in [1.29, 1.82) is 0 Å². The second kappa shape index (κ2) is 4.96. The largest absolute Gasteiger partial charge is 0.504 e. The number of hydrogen-bond donors (Lipinski definition) is 2. The molecular formula is C14H16N2O2. The van der Waals surface area contributed by atoms with E-state index in [1.165, 1.54) is 7.11 Å². The number of rotatable bonds is 2. The smallest absolute Gasteiger partial charge is 0.165 e. The Labute approximate surface area is 106 Å². The minimum absolute atomic E-state index is 0.0422. The van der Waals surface area contributed by atoms with E-state index in [-0.39, 0.29) is 11.7 Å². The van der Waals surface area contributed by atoms with E-state index >= 15 is 0 Å². The van der Waals surface area contributed by atoms with Crippen LogP contribution >= 0.6 is 0 Å². The quantitative estimate of drug-likeness (QED) is 0.838. The van der Waals surface area contributed by atoms with Crippen molar-refractivity contribution in [1.82, 2.24) is 0 Å². The Morgan fingerprint density at radius 3 is 2.94 bits per heavy atom. The summed E-state index contributed by atoms with van der Waals surface area (Å²) in [6, 6.07) is 5.38. The van der Waals surface area contributed by atoms with Gasteiger partial charge in [0.05, 0.1) is 7.11 Å². The van der Waals surface area contributed by atoms with Crippen LogP contribution in [0.3, 0.4) is 0 Å². The monoisotopic (exact) mass is 244 g/mol. The van der Waals surface area contributed by atoms with Gasteiger partial charge >= 0.3 is 0 Å². The van der Waals surface area contributed by atoms with Crippen molar-refractivity contribution in [3.8, 4) is 11.5 Å². The molecule has 0 saturated heterocycles. The molecule has 3 N–H and O–H groups in total. The van der Waals surface area contributed by atoms with Gasteiger partial charge in [-0.05, 0) is 23.8 Å². The van der Waals surface area contributed by atoms with Crippen molar-refractivity contribution in [3.63, 3.8) is 0 Å². The molecule has 0 amide bonds. The molecule has 0 saturated carbocycles. The van der Waals surface area contributed by atoms with Crippen molar-refractivity contribution in [3.05, 3.63) is 41.6 Å². The van der Waals surface area contributed by atoms with Crippen molar-refractivity contribution in [2.75, 3.05) is 7.11 Å². The number of aromatic hydroxyl groups is 1. The number of hydrogen-bond acceptors (Lipinski definition) is 4. The zero-order chi connectivity index (χ0) is 13.1. The number of amidine groups is 1. The van der Waals surface area contributed by atoms with E-state index < -0.39 is 0 Å². The maximum absolute atomic E-state index is 10.0. The first-order valence-corrected chi connectivity index (χ1v) is 5.70. The third-order valence-electron chi connectivity index (χ3n) is 3.01. The molecule has 94 valence electrons. The average Bonchev–Trinajstić information content (AvgIpc) is 2.37. The lowest BCUT2D eigenvalue weighted by Crippen LogP contribution is -2.23. The molecule has 2 rings (SSSR count). The lowest BCUT2D eigenvalue weighted by Gasteiger charge is -2.16. The average molecular weight is 244 g/mol. The van der Waals surface area contributed by atoms with Crippen LogP contribution < -0.4 is 10.5 Å². The fourth-order valence-corrected chi connectivity index (χ4v) is 1.81. The van der Waals surface area contributed by atoms with E-state index in [4.69, 9.17) is 10.5 Å². The topological polar surface area (TPSA) is 67.8 Å². The van der Waals surface area contributed by atoms with E-state index in [2.05, 4.69) is 4.99 Å². The van der Waals surface area contributed by atoms with Crippen LogP contribution in [0, 0.1) is 5.92 Å². The van der Waals surface area contributed by atoms with Crippen LogP contribution in [0.4, 0.5) is 0 Å². The van der Waals surface area contributed by atoms with Crippen LogP contribution in [-0.4, -0.2) is 18.1 Å². The standard InChI is InChI=1S/C14H16N2O2/c1-9-10(6-7-16-14(9)15)8-11-4-3-5-12(18-2)13(11)17/h3-9,17H,1-2H3,(H2,15,16). The first kappa shape index (κ1) is 12.2. The fraction of sp³-hybridized carbons (Fsp3) is 0.214. The fourth-order valence-electron chi connectivity index (χ4n) is 1.81. The van der Waals surface area contributed by atoms with Crippen molar-refractivity contribution < 1.29 is 9.84 Å². The number of aliphatic imine (C=N–C) groups is 1. The van der Waals surface area contributed by atoms with Crippen molar-refractivity contribution in [2.45, 2.75) is 6.92 Å². The molecule has 0 aliphatic carbocycles. The maximum atomic E-state index is 10.0. The maximum Gasteiger partial charge on any atom is 0.165 e. The molecule has 0 radical (unpaired) electrons. The normalized spacial score (nSPS) is 20.9. The van der Waals surface area contributed by atoms with Crippen molar-refractivity contribution in [2.24, 2.45) is 16.6 Å². The third kappa shape index (κ3) is 2.22. The van der Waals surface area contributed by atoms with Crippen LogP contribution in [0.25, 0.3) is 6.08 Å². The first-order chi connectivity index (χ1) is 8.63. The molecule has 4 heteroatoms. The van der Waals surface area contributed by atoms with Crippen LogP contribution in [0.5, 0.6) is 11.5 Å². The molecule has 0 bridgehead atoms. The number of allylic oxidation sites excluding steroid dienone is 1. The molecule has 1 aliphatic rings. The Morgan fingerprint density at radius 2 is 2.22 bits per heavy atom. The minimum Gasteiger partial charge on any atom is -0.504 e. The van der Waals surface area contributed by atoms with Gasteiger partial charge in [0.1, 0.15) is 5.84 Å². The van der Waals surface area contributed by atoms with Crippen LogP contribution in [-0.2, 0) is 0 Å². The van der Waals surface area contributed by atoms with Crippen LogP contribution in [0.15, 0.2) is 41.0 Å². The Morgan fingerprint density at radius 1 is 1.44 bits per heavy atom. The van der Waals surface area contributed by atoms with Gasteiger partial charge in [0, 0.05) is 17.7 Å². The van der Waals surface area contributed by atoms with Gasteiger partial charge in [0.25, 0.3) is 0 Å². The molecule has 1 unspecified atom stereocenters. The predicted octanol–water partition coefficient (Wildman–Crippen LogP) is 2.30. The van der Waals surface area contributed by atoms with E-state index in [0.717, 1.165) is 5.57 Å². The lowest BCUT2D eigenvalue weighted by atomic mass is 9.95. The highest BCUT2D eigenvalue weighted by Crippen LogP contribution is 2.32. The minimum atomic E-state index is 0.0422. The summed E-state index contributed by atoms with van der Waals surface area (Å²) >= 11 is 0. The summed E-state index contributed by atoms with van der Waals surface area (Å²) in [5.74, 6) is 1.21. The van der Waals surface area contributed by atoms with Gasteiger partial charge in [-0.1, -0.05) is 19.1 Å². The van der Waals surface area contributed by atoms with Crippen molar-refractivity contribution >= 4 is 11.9 Å². The molecule has 0 fully saturated rings. The Bertz CT molecular complexity index is 545. The molecule has 0 spiro atoms. The third-order valence-corrected chi connectivity index (χ3v) is 3.01. The number of nitrogens with zero attached hydrogens (tertiary/aromatic N) is 1. The van der Waals surface area contributed by atoms with E-state index in [1.54, 1.807) is 12.3 Å². The summed E-state index contributed by atoms with van der Waals surface area (Å²) in [6.07, 6.45) is 5.44. The number of nitrogens with two attached hydrogens (primary N) is 1. The SMILES string of the molecule is COc1cccc(C=C2C=CN=C(N)C2C)c1O. The number of methoxy groups -OCH3 is 1. The Kier molecular flexibility index (Phi) is 3.37. The second-order valence-corrected chi connectivity index (χ2v) is 4.13. The van der Waals surface area contributed by atoms with Gasteiger partial charge in [-0.3, -0.25) is 0 Å². The number of benzene rings is 1. The van der Waals surface area contributed by atoms with Gasteiger partial charge in [0.15, 0.2) is 11.5 Å². The molecule has 1 atom stereocenters. The highest BCUT2D eigenvalue weighted by Gasteiger charge is 2.15. The number of para-hydroxylation sites is 1. The highest BCUT2D eigenvalue weighted by molar-refractivity contribution is 5.89. The van der Waals surface area contributed by atoms with Gasteiger partial charge in [-0.25, -0.2) is 4.99 Å². The van der Waals surface area contributed by atoms with E-state index in [0.29, 0.717) is 17.1 Å². The Hall–Kier alpha value is -2.23. The van der Waals surface area contributed by atoms with Crippen LogP contribution in [0.1, 0.15) is 12.5 Å². The van der Waals surface area contributed by atoms with Gasteiger partial charge in [-0.15, -0.1) is 0 Å². The zero-order valence-electron chi connectivity index (χ0n) is 10.4. The van der Waals surface area contributed by atoms with Crippen LogP contribution in [0.2, 0.25) is 0 Å². The highest BCUT2D eigenvalue weighted by atomic mass is 16.5. The molecular weight excluding hydrogens is 228 g/mol. The summed E-state index contributed by atoms with van der Waals surface area (Å²) in [4.78, 5) is 4.04. The zero-order valence-corrected chi connectivity index (χ0v) is 10.4. The molecule has 0 aromatic heterocycles. The lowest BCUT2D eigenvalue weighted by molar-refractivity contribution is 0.373. The Balaban J connectivity index is 2.40. The molecule has 4 nitrogen and oxygen atoms in total. The summed E-state index contributed by atoms with van der Waals surface area (Å²) in [6.45, 7) is 1.98. The number of ether oxygens (including phenoxy) is 1.